The number of hydrogen-bond acceptors (Lipinski definition) is 5. The van der Waals surface area contributed by atoms with Crippen LogP contribution in [0.3, 0.4) is 0 Å². The highest BCUT2D eigenvalue weighted by Gasteiger charge is 2.64. The van der Waals surface area contributed by atoms with E-state index < -0.39 is 21.3 Å². The summed E-state index contributed by atoms with van der Waals surface area (Å²) in [6.07, 6.45) is 11.1. The molecule has 3 atom stereocenters. The lowest BCUT2D eigenvalue weighted by Crippen LogP contribution is -2.42. The van der Waals surface area contributed by atoms with Crippen molar-refractivity contribution in [3.63, 3.8) is 0 Å². The van der Waals surface area contributed by atoms with Gasteiger partial charge in [-0.2, -0.15) is 0 Å². The van der Waals surface area contributed by atoms with E-state index in [4.69, 9.17) is 0 Å². The van der Waals surface area contributed by atoms with Crippen molar-refractivity contribution in [3.8, 4) is 0 Å². The molecular weight excluding hydrogens is 408 g/mol. The minimum atomic E-state index is -4.33. The molecule has 0 aromatic carbocycles. The van der Waals surface area contributed by atoms with Gasteiger partial charge in [0.05, 0.1) is 22.1 Å². The minimum absolute atomic E-state index is 0.0248. The molecule has 0 saturated heterocycles. The lowest BCUT2D eigenvalue weighted by molar-refractivity contribution is -0.128. The molecule has 168 valence electrons. The maximum Gasteiger partial charge on any atom is 0.184 e. The Morgan fingerprint density at radius 3 is 2.17 bits per heavy atom. The Balaban J connectivity index is 0.000000208. The second kappa shape index (κ2) is 9.39. The number of carbonyl (C=O) groups is 2. The zero-order chi connectivity index (χ0) is 22.0. The fraction of sp³-hybridized carbons (Fsp3) is 0.909. The van der Waals surface area contributed by atoms with Crippen molar-refractivity contribution in [1.29, 1.82) is 0 Å². The Morgan fingerprint density at radius 2 is 1.76 bits per heavy atom. The first-order valence-corrected chi connectivity index (χ1v) is 14.4. The van der Waals surface area contributed by atoms with Crippen LogP contribution in [0.4, 0.5) is 0 Å². The van der Waals surface area contributed by atoms with E-state index >= 15 is 0 Å². The topological polar surface area (TPSA) is 91.3 Å². The van der Waals surface area contributed by atoms with Crippen LogP contribution in [0.15, 0.2) is 0 Å². The highest BCUT2D eigenvalue weighted by Crippen LogP contribution is 2.64. The summed E-state index contributed by atoms with van der Waals surface area (Å²) in [4.78, 5) is 23.5. The van der Waals surface area contributed by atoms with Gasteiger partial charge in [0.25, 0.3) is 0 Å². The van der Waals surface area contributed by atoms with Gasteiger partial charge < -0.3 is 4.55 Å². The van der Waals surface area contributed by atoms with Crippen molar-refractivity contribution in [2.75, 3.05) is 17.8 Å². The SMILES string of the molecule is CC(C)C(=O)C[S+](C)C1CCCCC1.CC1(C)C2CCC1(CS(=O)(=O)[O-])C(=O)C2. The van der Waals surface area contributed by atoms with Crippen molar-refractivity contribution in [2.24, 2.45) is 22.7 Å². The van der Waals surface area contributed by atoms with Gasteiger partial charge in [0, 0.05) is 17.8 Å². The molecule has 0 heterocycles. The lowest BCUT2D eigenvalue weighted by Gasteiger charge is -2.37. The third kappa shape index (κ3) is 5.65. The summed E-state index contributed by atoms with van der Waals surface area (Å²) < 4.78 is 32.7. The molecule has 0 aromatic rings. The van der Waals surface area contributed by atoms with E-state index in [-0.39, 0.29) is 23.0 Å². The molecule has 0 aliphatic heterocycles. The fourth-order valence-electron chi connectivity index (χ4n) is 5.39. The molecule has 5 nitrogen and oxygen atoms in total. The van der Waals surface area contributed by atoms with Crippen molar-refractivity contribution < 1.29 is 22.6 Å². The number of fused-ring (bicyclic) bond motifs is 2. The first-order chi connectivity index (χ1) is 13.3. The molecule has 3 fully saturated rings. The minimum Gasteiger partial charge on any atom is -0.748 e. The Kier molecular flexibility index (Phi) is 8.05. The van der Waals surface area contributed by atoms with Crippen molar-refractivity contribution in [2.45, 2.75) is 84.3 Å². The van der Waals surface area contributed by atoms with E-state index in [0.717, 1.165) is 17.4 Å². The number of Topliss-reactive ketones (excluding diaryl/α,β-unsaturated/α-hetero) is 2. The summed E-state index contributed by atoms with van der Waals surface area (Å²) in [7, 11) is -3.98. The molecule has 3 aliphatic rings. The first kappa shape index (κ1) is 24.9. The van der Waals surface area contributed by atoms with Gasteiger partial charge in [-0.05, 0) is 60.8 Å². The normalized spacial score (nSPS) is 30.2. The number of hydrogen-bond donors (Lipinski definition) is 0. The van der Waals surface area contributed by atoms with Crippen molar-refractivity contribution in [1.82, 2.24) is 0 Å². The smallest absolute Gasteiger partial charge is 0.184 e. The van der Waals surface area contributed by atoms with Gasteiger partial charge in [0.1, 0.15) is 11.0 Å². The third-order valence-electron chi connectivity index (χ3n) is 7.70. The van der Waals surface area contributed by atoms with Crippen LogP contribution in [0.5, 0.6) is 0 Å². The molecule has 3 saturated carbocycles. The summed E-state index contributed by atoms with van der Waals surface area (Å²) in [5.74, 6) is 1.25. The predicted octanol–water partition coefficient (Wildman–Crippen LogP) is 3.72. The lowest BCUT2D eigenvalue weighted by atomic mass is 9.70. The average molecular weight is 447 g/mol. The number of rotatable bonds is 6. The van der Waals surface area contributed by atoms with Crippen LogP contribution >= 0.6 is 0 Å². The number of carbonyl (C=O) groups excluding carboxylic acids is 2. The van der Waals surface area contributed by atoms with Gasteiger partial charge in [0.15, 0.2) is 11.5 Å². The summed E-state index contributed by atoms with van der Waals surface area (Å²) in [6.45, 7) is 7.86. The molecule has 0 spiro atoms. The highest BCUT2D eigenvalue weighted by atomic mass is 32.2. The first-order valence-electron chi connectivity index (χ1n) is 10.9. The van der Waals surface area contributed by atoms with Crippen LogP contribution in [0, 0.1) is 22.7 Å². The van der Waals surface area contributed by atoms with Gasteiger partial charge >= 0.3 is 0 Å². The molecule has 0 N–H and O–H groups in total. The van der Waals surface area contributed by atoms with Gasteiger partial charge in [-0.15, -0.1) is 0 Å². The third-order valence-corrected chi connectivity index (χ3v) is 10.9. The summed E-state index contributed by atoms with van der Waals surface area (Å²) >= 11 is 0. The molecule has 2 bridgehead atoms. The molecule has 29 heavy (non-hydrogen) atoms. The average Bonchev–Trinajstić information content (AvgIpc) is 2.95. The van der Waals surface area contributed by atoms with Crippen LogP contribution in [0.25, 0.3) is 0 Å². The summed E-state index contributed by atoms with van der Waals surface area (Å²) in [5, 5.41) is 0.853. The summed E-state index contributed by atoms with van der Waals surface area (Å²) in [5.41, 5.74) is -1.22. The van der Waals surface area contributed by atoms with E-state index in [1.54, 1.807) is 0 Å². The van der Waals surface area contributed by atoms with Gasteiger partial charge in [0.2, 0.25) is 0 Å². The van der Waals surface area contributed by atoms with E-state index in [1.807, 2.05) is 27.7 Å². The van der Waals surface area contributed by atoms with E-state index in [1.165, 1.54) is 32.1 Å². The molecular formula is C22H38O5S2. The van der Waals surface area contributed by atoms with Crippen molar-refractivity contribution >= 4 is 32.6 Å². The summed E-state index contributed by atoms with van der Waals surface area (Å²) in [6, 6.07) is 0. The fourth-order valence-corrected chi connectivity index (χ4v) is 8.82. The molecule has 3 rings (SSSR count). The van der Waals surface area contributed by atoms with E-state index in [2.05, 4.69) is 6.26 Å². The van der Waals surface area contributed by atoms with Crippen LogP contribution in [0.1, 0.15) is 79.1 Å². The molecule has 3 aliphatic carbocycles. The van der Waals surface area contributed by atoms with Gasteiger partial charge in [-0.1, -0.05) is 34.1 Å². The molecule has 3 unspecified atom stereocenters. The molecule has 0 amide bonds. The van der Waals surface area contributed by atoms with Crippen LogP contribution in [-0.2, 0) is 30.6 Å². The maximum atomic E-state index is 11.8. The largest absolute Gasteiger partial charge is 0.748 e. The monoisotopic (exact) mass is 446 g/mol. The van der Waals surface area contributed by atoms with E-state index in [0.29, 0.717) is 29.5 Å². The van der Waals surface area contributed by atoms with Crippen LogP contribution < -0.4 is 0 Å². The second-order valence-electron chi connectivity index (χ2n) is 10.1. The molecule has 7 heteroatoms. The zero-order valence-electron chi connectivity index (χ0n) is 18.7. The second-order valence-corrected chi connectivity index (χ2v) is 13.8. The Hall–Kier alpha value is -0.400. The Labute approximate surface area is 179 Å². The standard InChI is InChI=1S/C12H23OS.C10H16O4S/c1-10(2)12(13)9-14(3)11-7-5-4-6-8-11;1-9(2)7-3-4-10(9,8(11)5-7)6-15(12,13)14/h10-11H,4-9H2,1-3H3;7H,3-6H2,1-2H3,(H,12,13,14)/q+1;/p-1. The molecule has 0 radical (unpaired) electrons. The van der Waals surface area contributed by atoms with Crippen molar-refractivity contribution in [3.05, 3.63) is 0 Å². The Morgan fingerprint density at radius 1 is 1.17 bits per heavy atom. The number of ketones is 2. The zero-order valence-corrected chi connectivity index (χ0v) is 20.3. The predicted molar refractivity (Wildman–Crippen MR) is 118 cm³/mol. The van der Waals surface area contributed by atoms with Gasteiger partial charge in [-0.25, -0.2) is 8.42 Å². The van der Waals surface area contributed by atoms with Gasteiger partial charge in [-0.3, -0.25) is 9.59 Å². The Bertz CT molecular complexity index is 707. The van der Waals surface area contributed by atoms with Crippen LogP contribution in [-0.4, -0.2) is 47.5 Å². The maximum absolute atomic E-state index is 11.8. The quantitative estimate of drug-likeness (QED) is 0.458. The van der Waals surface area contributed by atoms with Crippen LogP contribution in [0.2, 0.25) is 0 Å². The van der Waals surface area contributed by atoms with E-state index in [9.17, 15) is 22.6 Å². The highest BCUT2D eigenvalue weighted by molar-refractivity contribution is 7.97. The molecule has 0 aromatic heterocycles.